The summed E-state index contributed by atoms with van der Waals surface area (Å²) in [6, 6.07) is 19.0. The number of phenols is 1. The summed E-state index contributed by atoms with van der Waals surface area (Å²) in [5.41, 5.74) is 1.33. The minimum Gasteiger partial charge on any atom is -0.508 e. The van der Waals surface area contributed by atoms with E-state index in [-0.39, 0.29) is 17.6 Å². The molecule has 4 N–H and O–H groups in total. The zero-order valence-electron chi connectivity index (χ0n) is 30.1. The molecule has 11 heteroatoms. The molecule has 2 aromatic carbocycles. The van der Waals surface area contributed by atoms with Crippen LogP contribution in [0.1, 0.15) is 77.1 Å². The largest absolute Gasteiger partial charge is 0.508 e. The standard InChI is InChI=1S/C41H50N2O7S2/c1-28(44)9-18-34-29(2)36(45)20-19-35(34)37(46)27-42-22-21-30-10-14-32(15-11-30)49-24-6-23-43(3)31-12-16-33(17-13-31)50-40(47)41(48,38-7-4-25-51-38)39-8-5-26-52-39/h4-5,7-11,14-15,18-20,25-26,31,33,37,42,45-46,48H,6,12-13,16-17,21-24,27H2,1-3H3/b18-9-/t31?,33?,37-/m0/s1. The first-order valence-electron chi connectivity index (χ1n) is 17.9. The molecule has 4 aromatic rings. The number of carbonyl (C=O) groups is 2. The Morgan fingerprint density at radius 3 is 2.31 bits per heavy atom. The fraction of sp³-hybridized carbons (Fsp3) is 0.415. The van der Waals surface area contributed by atoms with Crippen LogP contribution in [-0.2, 0) is 26.3 Å². The Balaban J connectivity index is 0.976. The van der Waals surface area contributed by atoms with Crippen LogP contribution in [0.3, 0.4) is 0 Å². The van der Waals surface area contributed by atoms with Crippen molar-refractivity contribution in [2.75, 3.05) is 33.3 Å². The summed E-state index contributed by atoms with van der Waals surface area (Å²) in [4.78, 5) is 28.3. The Morgan fingerprint density at radius 1 is 1.02 bits per heavy atom. The highest BCUT2D eigenvalue weighted by molar-refractivity contribution is 7.12. The van der Waals surface area contributed by atoms with Crippen LogP contribution < -0.4 is 10.1 Å². The number of nitrogens with zero attached hydrogens (tertiary/aromatic N) is 1. The van der Waals surface area contributed by atoms with Crippen molar-refractivity contribution in [1.29, 1.82) is 0 Å². The van der Waals surface area contributed by atoms with E-state index in [1.807, 2.05) is 35.0 Å². The Hall–Kier alpha value is -3.84. The topological polar surface area (TPSA) is 129 Å². The van der Waals surface area contributed by atoms with Crippen molar-refractivity contribution in [2.24, 2.45) is 0 Å². The molecule has 2 heterocycles. The molecule has 0 bridgehead atoms. The highest BCUT2D eigenvalue weighted by Crippen LogP contribution is 2.38. The molecule has 0 radical (unpaired) electrons. The Labute approximate surface area is 314 Å². The third-order valence-electron chi connectivity index (χ3n) is 9.73. The van der Waals surface area contributed by atoms with E-state index in [1.165, 1.54) is 35.7 Å². The van der Waals surface area contributed by atoms with Gasteiger partial charge in [-0.1, -0.05) is 36.4 Å². The predicted molar refractivity (Wildman–Crippen MR) is 207 cm³/mol. The number of ether oxygens (including phenoxy) is 2. The maximum absolute atomic E-state index is 13.3. The number of allylic oxidation sites excluding steroid dienone is 1. The van der Waals surface area contributed by atoms with Crippen molar-refractivity contribution in [3.8, 4) is 11.5 Å². The normalized spacial score (nSPS) is 17.0. The molecule has 52 heavy (non-hydrogen) atoms. The van der Waals surface area contributed by atoms with Crippen LogP contribution in [0.15, 0.2) is 77.5 Å². The van der Waals surface area contributed by atoms with Crippen LogP contribution in [0.25, 0.3) is 6.08 Å². The van der Waals surface area contributed by atoms with E-state index in [0.29, 0.717) is 52.2 Å². The molecule has 0 unspecified atom stereocenters. The lowest BCUT2D eigenvalue weighted by molar-refractivity contribution is -0.169. The SMILES string of the molecule is CC(=O)/C=C\c1c([C@@H](O)CNCCc2ccc(OCCCN(C)C3CCC(OC(=O)C(O)(c4cccs4)c4cccs4)CC3)cc2)ccc(O)c1C. The van der Waals surface area contributed by atoms with Crippen molar-refractivity contribution in [3.05, 3.63) is 110 Å². The Kier molecular flexibility index (Phi) is 14.2. The second kappa shape index (κ2) is 18.8. The number of hydrogen-bond donors (Lipinski definition) is 4. The van der Waals surface area contributed by atoms with Gasteiger partial charge in [0.1, 0.15) is 17.6 Å². The van der Waals surface area contributed by atoms with Crippen molar-refractivity contribution in [1.82, 2.24) is 10.2 Å². The first kappa shape index (κ1) is 39.4. The number of benzene rings is 2. The molecule has 0 amide bonds. The van der Waals surface area contributed by atoms with Crippen LogP contribution in [0, 0.1) is 6.92 Å². The lowest BCUT2D eigenvalue weighted by Gasteiger charge is -2.35. The zero-order chi connectivity index (χ0) is 37.1. The summed E-state index contributed by atoms with van der Waals surface area (Å²) in [5, 5.41) is 39.5. The molecule has 5 rings (SSSR count). The predicted octanol–water partition coefficient (Wildman–Crippen LogP) is 6.78. The van der Waals surface area contributed by atoms with Gasteiger partial charge in [-0.3, -0.25) is 4.79 Å². The fourth-order valence-corrected chi connectivity index (χ4v) is 8.32. The van der Waals surface area contributed by atoms with E-state index in [1.54, 1.807) is 37.3 Å². The van der Waals surface area contributed by atoms with Gasteiger partial charge in [-0.05, 0) is 135 Å². The monoisotopic (exact) mass is 746 g/mol. The second-order valence-electron chi connectivity index (χ2n) is 13.5. The van der Waals surface area contributed by atoms with Gasteiger partial charge in [-0.15, -0.1) is 22.7 Å². The van der Waals surface area contributed by atoms with Crippen LogP contribution in [0.4, 0.5) is 0 Å². The molecular weight excluding hydrogens is 697 g/mol. The van der Waals surface area contributed by atoms with Gasteiger partial charge in [0.15, 0.2) is 5.78 Å². The number of aliphatic hydroxyl groups is 2. The molecule has 278 valence electrons. The number of rotatable bonds is 18. The molecule has 0 aliphatic heterocycles. The van der Waals surface area contributed by atoms with Gasteiger partial charge in [-0.2, -0.15) is 0 Å². The number of thiophene rings is 2. The van der Waals surface area contributed by atoms with Crippen LogP contribution in [0.5, 0.6) is 11.5 Å². The quantitative estimate of drug-likeness (QED) is 0.0495. The summed E-state index contributed by atoms with van der Waals surface area (Å²) >= 11 is 2.71. The number of carbonyl (C=O) groups excluding carboxylic acids is 2. The van der Waals surface area contributed by atoms with Gasteiger partial charge in [0.05, 0.1) is 22.5 Å². The van der Waals surface area contributed by atoms with Gasteiger partial charge in [0.2, 0.25) is 5.60 Å². The van der Waals surface area contributed by atoms with Crippen LogP contribution in [0.2, 0.25) is 0 Å². The van der Waals surface area contributed by atoms with E-state index >= 15 is 0 Å². The van der Waals surface area contributed by atoms with Crippen LogP contribution >= 0.6 is 22.7 Å². The minimum absolute atomic E-state index is 0.102. The van der Waals surface area contributed by atoms with Crippen molar-refractivity contribution < 1.29 is 34.4 Å². The van der Waals surface area contributed by atoms with E-state index in [4.69, 9.17) is 9.47 Å². The lowest BCUT2D eigenvalue weighted by atomic mass is 9.91. The Morgan fingerprint density at radius 2 is 1.69 bits per heavy atom. The summed E-state index contributed by atoms with van der Waals surface area (Å²) in [7, 11) is 2.14. The average molecular weight is 747 g/mol. The van der Waals surface area contributed by atoms with Gasteiger partial charge in [0, 0.05) is 19.1 Å². The zero-order valence-corrected chi connectivity index (χ0v) is 31.8. The summed E-state index contributed by atoms with van der Waals surface area (Å²) in [6.45, 7) is 5.76. The van der Waals surface area contributed by atoms with E-state index in [0.717, 1.165) is 56.4 Å². The highest BCUT2D eigenvalue weighted by atomic mass is 32.1. The molecular formula is C41H50N2O7S2. The highest BCUT2D eigenvalue weighted by Gasteiger charge is 2.45. The number of hydrogen-bond acceptors (Lipinski definition) is 11. The minimum atomic E-state index is -1.77. The Bertz CT molecular complexity index is 1710. The molecule has 1 aliphatic carbocycles. The van der Waals surface area contributed by atoms with Gasteiger partial charge < -0.3 is 35.0 Å². The first-order valence-corrected chi connectivity index (χ1v) is 19.7. The smallest absolute Gasteiger partial charge is 0.349 e. The molecule has 0 spiro atoms. The second-order valence-corrected chi connectivity index (χ2v) is 15.3. The van der Waals surface area contributed by atoms with Gasteiger partial charge in [-0.25, -0.2) is 4.79 Å². The maximum Gasteiger partial charge on any atom is 0.349 e. The molecule has 0 saturated heterocycles. The van der Waals surface area contributed by atoms with Crippen LogP contribution in [-0.4, -0.2) is 77.4 Å². The summed E-state index contributed by atoms with van der Waals surface area (Å²) < 4.78 is 11.9. The third kappa shape index (κ3) is 10.2. The number of nitrogens with one attached hydrogen (secondary N) is 1. The fourth-order valence-electron chi connectivity index (χ4n) is 6.60. The van der Waals surface area contributed by atoms with Gasteiger partial charge in [0.25, 0.3) is 0 Å². The molecule has 1 aliphatic rings. The summed E-state index contributed by atoms with van der Waals surface area (Å²) in [5.74, 6) is 0.257. The van der Waals surface area contributed by atoms with E-state index in [2.05, 4.69) is 29.4 Å². The number of aliphatic hydroxyl groups excluding tert-OH is 1. The molecule has 2 aromatic heterocycles. The molecule has 1 fully saturated rings. The van der Waals surface area contributed by atoms with Crippen molar-refractivity contribution in [2.45, 2.75) is 76.2 Å². The first-order chi connectivity index (χ1) is 25.1. The summed E-state index contributed by atoms with van der Waals surface area (Å²) in [6.07, 6.45) is 7.16. The van der Waals surface area contributed by atoms with Crippen molar-refractivity contribution in [3.63, 3.8) is 0 Å². The number of aromatic hydroxyl groups is 1. The number of esters is 1. The van der Waals surface area contributed by atoms with E-state index < -0.39 is 17.7 Å². The molecule has 1 saturated carbocycles. The third-order valence-corrected chi connectivity index (χ3v) is 11.7. The number of phenolic OH excluding ortho intramolecular Hbond substituents is 1. The van der Waals surface area contributed by atoms with Crippen molar-refractivity contribution >= 4 is 40.5 Å². The number of ketones is 1. The average Bonchev–Trinajstić information content (AvgIpc) is 3.89. The van der Waals surface area contributed by atoms with Gasteiger partial charge >= 0.3 is 5.97 Å². The molecule has 1 atom stereocenters. The lowest BCUT2D eigenvalue weighted by Crippen LogP contribution is -2.42. The van der Waals surface area contributed by atoms with E-state index in [9.17, 15) is 24.9 Å². The maximum atomic E-state index is 13.3. The molecule has 9 nitrogen and oxygen atoms in total.